The van der Waals surface area contributed by atoms with E-state index in [4.69, 9.17) is 19.4 Å². The van der Waals surface area contributed by atoms with E-state index in [1.807, 2.05) is 66.7 Å². The van der Waals surface area contributed by atoms with Crippen LogP contribution in [-0.2, 0) is 0 Å². The monoisotopic (exact) mass is 642 g/mol. The van der Waals surface area contributed by atoms with Gasteiger partial charge in [-0.1, -0.05) is 140 Å². The Balaban J connectivity index is 1.16. The lowest BCUT2D eigenvalue weighted by atomic mass is 9.81. The molecule has 5 heteroatoms. The topological polar surface area (TPSA) is 55.1 Å². The van der Waals surface area contributed by atoms with Gasteiger partial charge in [-0.25, -0.2) is 15.0 Å². The van der Waals surface area contributed by atoms with Gasteiger partial charge in [0.1, 0.15) is 11.3 Å². The Morgan fingerprint density at radius 2 is 1.12 bits per heavy atom. The summed E-state index contributed by atoms with van der Waals surface area (Å²) in [4.78, 5) is 17.7. The Morgan fingerprint density at radius 3 is 1.84 bits per heavy atom. The molecule has 0 radical (unpaired) electrons. The van der Waals surface area contributed by atoms with Gasteiger partial charge in [-0.3, -0.25) is 0 Å². The van der Waals surface area contributed by atoms with E-state index in [-0.39, 0.29) is 12.0 Å². The smallest absolute Gasteiger partial charge is 0.164 e. The normalized spacial score (nSPS) is 15.9. The van der Waals surface area contributed by atoms with E-state index >= 15 is 0 Å². The molecular weight excluding hydrogens is 613 g/mol. The minimum atomic E-state index is 0.0398. The molecule has 2 aromatic heterocycles. The number of fused-ring (bicyclic) bond motifs is 7. The van der Waals surface area contributed by atoms with Crippen LogP contribution in [0.3, 0.4) is 0 Å². The molecule has 2 unspecified atom stereocenters. The third-order valence-corrected chi connectivity index (χ3v) is 9.88. The predicted molar refractivity (Wildman–Crippen MR) is 201 cm³/mol. The molecule has 236 valence electrons. The molecule has 6 aromatic carbocycles. The lowest BCUT2D eigenvalue weighted by molar-refractivity contribution is 0.584. The lowest BCUT2D eigenvalue weighted by Crippen LogP contribution is -2.30. The highest BCUT2D eigenvalue weighted by Gasteiger charge is 2.43. The first-order chi connectivity index (χ1) is 24.8. The van der Waals surface area contributed by atoms with E-state index in [0.29, 0.717) is 17.5 Å². The minimum absolute atomic E-state index is 0.0398. The standard InChI is InChI=1S/C45H30N4O/c1-4-14-29(15-5-1)32-20-12-21-33(28-32)49-36-24-11-10-22-34(36)40-37(49)26-27-39-42(40)41-35(23-13-25-38(41)50-39)45-47-43(30-16-6-2-7-17-30)46-44(48-45)31-18-8-3-9-19-31/h1-28,37,40H. The van der Waals surface area contributed by atoms with Crippen LogP contribution in [0.5, 0.6) is 0 Å². The largest absolute Gasteiger partial charge is 0.456 e. The quantitative estimate of drug-likeness (QED) is 0.187. The number of rotatable bonds is 5. The van der Waals surface area contributed by atoms with Gasteiger partial charge in [-0.15, -0.1) is 0 Å². The van der Waals surface area contributed by atoms with Crippen molar-refractivity contribution in [2.45, 2.75) is 12.0 Å². The number of furan rings is 1. The summed E-state index contributed by atoms with van der Waals surface area (Å²) in [7, 11) is 0. The van der Waals surface area contributed by atoms with E-state index in [9.17, 15) is 0 Å². The Hall–Kier alpha value is -6.59. The SMILES string of the molecule is C1=CC2C(c3ccccc3N2c2cccc(-c3ccccc3)c2)c2c1oc1cccc(-c3nc(-c4ccccc4)nc(-c4ccccc4)n3)c21. The highest BCUT2D eigenvalue weighted by molar-refractivity contribution is 5.99. The van der Waals surface area contributed by atoms with Crippen LogP contribution >= 0.6 is 0 Å². The van der Waals surface area contributed by atoms with Gasteiger partial charge >= 0.3 is 0 Å². The summed E-state index contributed by atoms with van der Waals surface area (Å²) in [5, 5.41) is 1.04. The van der Waals surface area contributed by atoms with E-state index in [1.165, 1.54) is 27.9 Å². The zero-order valence-corrected chi connectivity index (χ0v) is 27.0. The fourth-order valence-electron chi connectivity index (χ4n) is 7.69. The molecule has 0 saturated heterocycles. The van der Waals surface area contributed by atoms with Gasteiger partial charge in [0.25, 0.3) is 0 Å². The lowest BCUT2D eigenvalue weighted by Gasteiger charge is -2.30. The Labute approximate surface area is 289 Å². The summed E-state index contributed by atoms with van der Waals surface area (Å²) in [6, 6.07) is 54.7. The third kappa shape index (κ3) is 4.59. The predicted octanol–water partition coefficient (Wildman–Crippen LogP) is 11.0. The molecule has 5 nitrogen and oxygen atoms in total. The first-order valence-electron chi connectivity index (χ1n) is 16.9. The van der Waals surface area contributed by atoms with Crippen molar-refractivity contribution in [1.29, 1.82) is 0 Å². The molecule has 8 aromatic rings. The van der Waals surface area contributed by atoms with Crippen LogP contribution in [0.2, 0.25) is 0 Å². The maximum Gasteiger partial charge on any atom is 0.164 e. The van der Waals surface area contributed by atoms with Crippen molar-refractivity contribution in [2.24, 2.45) is 0 Å². The summed E-state index contributed by atoms with van der Waals surface area (Å²) in [6.45, 7) is 0. The molecular formula is C45H30N4O. The summed E-state index contributed by atoms with van der Waals surface area (Å²) in [5.74, 6) is 2.81. The number of hydrogen-bond donors (Lipinski definition) is 0. The maximum atomic E-state index is 6.65. The zero-order valence-electron chi connectivity index (χ0n) is 27.0. The molecule has 0 bridgehead atoms. The van der Waals surface area contributed by atoms with Crippen LogP contribution in [0, 0.1) is 0 Å². The molecule has 10 rings (SSSR count). The average molecular weight is 643 g/mol. The van der Waals surface area contributed by atoms with Crippen molar-refractivity contribution in [3.8, 4) is 45.3 Å². The fourth-order valence-corrected chi connectivity index (χ4v) is 7.69. The van der Waals surface area contributed by atoms with Crippen LogP contribution in [-0.4, -0.2) is 21.0 Å². The number of para-hydroxylation sites is 1. The van der Waals surface area contributed by atoms with Crippen LogP contribution in [0.25, 0.3) is 62.3 Å². The van der Waals surface area contributed by atoms with Gasteiger partial charge in [0.2, 0.25) is 0 Å². The molecule has 1 aliphatic heterocycles. The second-order valence-corrected chi connectivity index (χ2v) is 12.8. The summed E-state index contributed by atoms with van der Waals surface area (Å²) >= 11 is 0. The molecule has 50 heavy (non-hydrogen) atoms. The molecule has 0 N–H and O–H groups in total. The summed E-state index contributed by atoms with van der Waals surface area (Å²) < 4.78 is 6.65. The number of nitrogens with zero attached hydrogens (tertiary/aromatic N) is 4. The number of hydrogen-bond acceptors (Lipinski definition) is 5. The van der Waals surface area contributed by atoms with E-state index in [0.717, 1.165) is 39.1 Å². The number of aromatic nitrogens is 3. The van der Waals surface area contributed by atoms with Crippen molar-refractivity contribution in [3.05, 3.63) is 181 Å². The molecule has 3 heterocycles. The fraction of sp³-hybridized carbons (Fsp3) is 0.0444. The molecule has 2 aliphatic rings. The summed E-state index contributed by atoms with van der Waals surface area (Å²) in [5.41, 5.74) is 10.8. The van der Waals surface area contributed by atoms with Gasteiger partial charge in [-0.2, -0.15) is 0 Å². The third-order valence-electron chi connectivity index (χ3n) is 9.88. The van der Waals surface area contributed by atoms with E-state index in [1.54, 1.807) is 0 Å². The molecule has 0 amide bonds. The Kier molecular flexibility index (Phi) is 6.56. The summed E-state index contributed by atoms with van der Waals surface area (Å²) in [6.07, 6.45) is 4.45. The van der Waals surface area contributed by atoms with Gasteiger partial charge < -0.3 is 9.32 Å². The van der Waals surface area contributed by atoms with Crippen LogP contribution < -0.4 is 4.90 Å². The van der Waals surface area contributed by atoms with Crippen LogP contribution in [0.15, 0.2) is 168 Å². The number of benzene rings is 6. The van der Waals surface area contributed by atoms with Crippen LogP contribution in [0.4, 0.5) is 11.4 Å². The van der Waals surface area contributed by atoms with Gasteiger partial charge in [-0.05, 0) is 47.0 Å². The molecule has 2 atom stereocenters. The van der Waals surface area contributed by atoms with Gasteiger partial charge in [0.05, 0.1) is 6.04 Å². The molecule has 1 aliphatic carbocycles. The van der Waals surface area contributed by atoms with E-state index < -0.39 is 0 Å². The Bertz CT molecular complexity index is 2500. The molecule has 0 saturated carbocycles. The first-order valence-corrected chi connectivity index (χ1v) is 16.9. The maximum absolute atomic E-state index is 6.65. The Morgan fingerprint density at radius 1 is 0.520 bits per heavy atom. The highest BCUT2D eigenvalue weighted by Crippen LogP contribution is 2.54. The number of anilines is 2. The van der Waals surface area contributed by atoms with Gasteiger partial charge in [0, 0.05) is 44.9 Å². The second-order valence-electron chi connectivity index (χ2n) is 12.8. The van der Waals surface area contributed by atoms with Crippen molar-refractivity contribution >= 4 is 28.4 Å². The van der Waals surface area contributed by atoms with Crippen molar-refractivity contribution in [1.82, 2.24) is 15.0 Å². The van der Waals surface area contributed by atoms with Crippen molar-refractivity contribution in [3.63, 3.8) is 0 Å². The minimum Gasteiger partial charge on any atom is -0.456 e. The van der Waals surface area contributed by atoms with E-state index in [2.05, 4.69) is 108 Å². The average Bonchev–Trinajstić information content (AvgIpc) is 3.75. The molecule has 0 fully saturated rings. The first kappa shape index (κ1) is 28.4. The molecule has 0 spiro atoms. The van der Waals surface area contributed by atoms with Crippen molar-refractivity contribution in [2.75, 3.05) is 4.90 Å². The van der Waals surface area contributed by atoms with Crippen LogP contribution in [0.1, 0.15) is 22.8 Å². The van der Waals surface area contributed by atoms with Gasteiger partial charge in [0.15, 0.2) is 17.5 Å². The van der Waals surface area contributed by atoms with Crippen molar-refractivity contribution < 1.29 is 4.42 Å². The zero-order chi connectivity index (χ0) is 33.0. The second kappa shape index (κ2) is 11.5. The highest BCUT2D eigenvalue weighted by atomic mass is 16.3.